The van der Waals surface area contributed by atoms with Crippen LogP contribution in [0.3, 0.4) is 0 Å². The van der Waals surface area contributed by atoms with Gasteiger partial charge in [-0.25, -0.2) is 0 Å². The summed E-state index contributed by atoms with van der Waals surface area (Å²) in [6.07, 6.45) is 2.11. The van der Waals surface area contributed by atoms with Gasteiger partial charge in [-0.3, -0.25) is 14.6 Å². The van der Waals surface area contributed by atoms with Crippen LogP contribution < -0.4 is 5.32 Å². The summed E-state index contributed by atoms with van der Waals surface area (Å²) >= 11 is 0. The van der Waals surface area contributed by atoms with E-state index in [0.29, 0.717) is 12.0 Å². The van der Waals surface area contributed by atoms with Crippen molar-refractivity contribution in [2.24, 2.45) is 12.0 Å². The first-order valence-corrected chi connectivity index (χ1v) is 10.00. The Morgan fingerprint density at radius 3 is 2.38 bits per heavy atom. The minimum absolute atomic E-state index is 0. The van der Waals surface area contributed by atoms with Gasteiger partial charge >= 0.3 is 0 Å². The number of hydrogen-bond acceptors (Lipinski definition) is 3. The molecule has 0 amide bonds. The number of aromatic nitrogens is 2. The molecular formula is C22H37IN6. The third kappa shape index (κ3) is 7.62. The lowest BCUT2D eigenvalue weighted by Crippen LogP contribution is -2.45. The molecule has 1 aromatic carbocycles. The third-order valence-electron chi connectivity index (χ3n) is 5.05. The van der Waals surface area contributed by atoms with Crippen molar-refractivity contribution in [1.82, 2.24) is 24.9 Å². The Hall–Kier alpha value is -1.61. The normalized spacial score (nSPS) is 12.8. The smallest absolute Gasteiger partial charge is 0.193 e. The second-order valence-corrected chi connectivity index (χ2v) is 7.90. The molecule has 1 atom stereocenters. The van der Waals surface area contributed by atoms with Crippen LogP contribution in [0.4, 0.5) is 0 Å². The molecule has 0 saturated carbocycles. The molecule has 1 aromatic heterocycles. The molecule has 2 rings (SSSR count). The van der Waals surface area contributed by atoms with Crippen molar-refractivity contribution in [2.75, 3.05) is 27.7 Å². The van der Waals surface area contributed by atoms with Gasteiger partial charge < -0.3 is 10.2 Å². The van der Waals surface area contributed by atoms with E-state index in [1.807, 2.05) is 18.8 Å². The van der Waals surface area contributed by atoms with E-state index in [9.17, 15) is 0 Å². The van der Waals surface area contributed by atoms with Crippen LogP contribution in [-0.4, -0.2) is 59.3 Å². The van der Waals surface area contributed by atoms with Crippen LogP contribution in [-0.2, 0) is 20.1 Å². The monoisotopic (exact) mass is 512 g/mol. The van der Waals surface area contributed by atoms with Crippen molar-refractivity contribution in [3.63, 3.8) is 0 Å². The standard InChI is InChI=1S/C22H36N6.HI/c1-17(2)21-20(16-28(7)25-21)15-27(6)22(23-4)24-13-18(3)26(5)14-19-11-9-8-10-12-19;/h8-12,16-18H,13-15H2,1-7H3,(H,23,24);1H. The Bertz CT molecular complexity index is 756. The van der Waals surface area contributed by atoms with Crippen molar-refractivity contribution >= 4 is 29.9 Å². The number of aliphatic imine (C=N–C) groups is 1. The van der Waals surface area contributed by atoms with E-state index in [-0.39, 0.29) is 24.0 Å². The van der Waals surface area contributed by atoms with E-state index in [0.717, 1.165) is 31.3 Å². The van der Waals surface area contributed by atoms with Gasteiger partial charge in [0.25, 0.3) is 0 Å². The molecule has 0 radical (unpaired) electrons. The predicted octanol–water partition coefficient (Wildman–Crippen LogP) is 3.69. The number of nitrogens with one attached hydrogen (secondary N) is 1. The summed E-state index contributed by atoms with van der Waals surface area (Å²) in [5, 5.41) is 8.13. The fraction of sp³-hybridized carbons (Fsp3) is 0.545. The quantitative estimate of drug-likeness (QED) is 0.333. The van der Waals surface area contributed by atoms with Gasteiger partial charge in [-0.15, -0.1) is 24.0 Å². The fourth-order valence-electron chi connectivity index (χ4n) is 3.30. The molecule has 7 heteroatoms. The van der Waals surface area contributed by atoms with Gasteiger partial charge in [0.2, 0.25) is 0 Å². The van der Waals surface area contributed by atoms with Crippen LogP contribution in [0.5, 0.6) is 0 Å². The molecule has 1 unspecified atom stereocenters. The summed E-state index contributed by atoms with van der Waals surface area (Å²) in [7, 11) is 8.05. The zero-order chi connectivity index (χ0) is 20.7. The lowest BCUT2D eigenvalue weighted by molar-refractivity contribution is 0.247. The summed E-state index contributed by atoms with van der Waals surface area (Å²) in [4.78, 5) is 8.98. The third-order valence-corrected chi connectivity index (χ3v) is 5.05. The molecule has 29 heavy (non-hydrogen) atoms. The van der Waals surface area contributed by atoms with Gasteiger partial charge in [-0.2, -0.15) is 5.10 Å². The van der Waals surface area contributed by atoms with Gasteiger partial charge in [0, 0.05) is 58.6 Å². The van der Waals surface area contributed by atoms with E-state index in [2.05, 4.69) is 96.6 Å². The number of aryl methyl sites for hydroxylation is 1. The summed E-state index contributed by atoms with van der Waals surface area (Å²) in [5.74, 6) is 1.31. The molecule has 2 aromatic rings. The zero-order valence-corrected chi connectivity index (χ0v) is 21.2. The van der Waals surface area contributed by atoms with Crippen LogP contribution in [0.25, 0.3) is 0 Å². The lowest BCUT2D eigenvalue weighted by Gasteiger charge is -2.28. The summed E-state index contributed by atoms with van der Waals surface area (Å²) in [5.41, 5.74) is 3.73. The Morgan fingerprint density at radius 2 is 1.79 bits per heavy atom. The molecule has 0 aliphatic heterocycles. The Morgan fingerprint density at radius 1 is 1.14 bits per heavy atom. The first-order valence-electron chi connectivity index (χ1n) is 10.00. The SMILES string of the molecule is CN=C(NCC(C)N(C)Cc1ccccc1)N(C)Cc1cn(C)nc1C(C)C.I. The van der Waals surface area contributed by atoms with Crippen LogP contribution in [0.2, 0.25) is 0 Å². The minimum Gasteiger partial charge on any atom is -0.355 e. The highest BCUT2D eigenvalue weighted by Crippen LogP contribution is 2.18. The number of benzene rings is 1. The Kier molecular flexibility index (Phi) is 10.7. The van der Waals surface area contributed by atoms with E-state index in [4.69, 9.17) is 0 Å². The van der Waals surface area contributed by atoms with Crippen LogP contribution >= 0.6 is 24.0 Å². The van der Waals surface area contributed by atoms with Crippen LogP contribution in [0, 0.1) is 0 Å². The minimum atomic E-state index is 0. The number of guanidine groups is 1. The Balaban J connectivity index is 0.00000420. The second-order valence-electron chi connectivity index (χ2n) is 7.90. The number of likely N-dealkylation sites (N-methyl/N-ethyl adjacent to an activating group) is 1. The molecule has 1 N–H and O–H groups in total. The molecule has 0 fully saturated rings. The number of halogens is 1. The predicted molar refractivity (Wildman–Crippen MR) is 133 cm³/mol. The molecule has 0 aliphatic rings. The van der Waals surface area contributed by atoms with Crippen LogP contribution in [0.15, 0.2) is 41.5 Å². The molecule has 0 saturated heterocycles. The first-order chi connectivity index (χ1) is 13.3. The maximum atomic E-state index is 4.61. The van der Waals surface area contributed by atoms with E-state index < -0.39 is 0 Å². The van der Waals surface area contributed by atoms with Crippen molar-refractivity contribution in [1.29, 1.82) is 0 Å². The maximum absolute atomic E-state index is 4.61. The van der Waals surface area contributed by atoms with Crippen molar-refractivity contribution in [3.05, 3.63) is 53.3 Å². The number of nitrogens with zero attached hydrogens (tertiary/aromatic N) is 5. The first kappa shape index (κ1) is 25.4. The molecule has 0 aliphatic carbocycles. The number of hydrogen-bond donors (Lipinski definition) is 1. The molecular weight excluding hydrogens is 475 g/mol. The number of rotatable bonds is 8. The average Bonchev–Trinajstić information content (AvgIpc) is 3.03. The largest absolute Gasteiger partial charge is 0.355 e. The topological polar surface area (TPSA) is 48.7 Å². The molecule has 162 valence electrons. The van der Waals surface area contributed by atoms with Gasteiger partial charge in [0.15, 0.2) is 5.96 Å². The van der Waals surface area contributed by atoms with Gasteiger partial charge in [0.05, 0.1) is 5.69 Å². The molecule has 0 spiro atoms. The highest BCUT2D eigenvalue weighted by molar-refractivity contribution is 14.0. The summed E-state index contributed by atoms with van der Waals surface area (Å²) < 4.78 is 1.90. The highest BCUT2D eigenvalue weighted by Gasteiger charge is 2.16. The average molecular weight is 512 g/mol. The van der Waals surface area contributed by atoms with Gasteiger partial charge in [-0.05, 0) is 25.5 Å². The molecule has 1 heterocycles. The summed E-state index contributed by atoms with van der Waals surface area (Å²) in [6.45, 7) is 9.17. The van der Waals surface area contributed by atoms with E-state index in [1.165, 1.54) is 11.1 Å². The molecule has 6 nitrogen and oxygen atoms in total. The second kappa shape index (κ2) is 12.2. The van der Waals surface area contributed by atoms with E-state index >= 15 is 0 Å². The molecule has 0 bridgehead atoms. The van der Waals surface area contributed by atoms with E-state index in [1.54, 1.807) is 0 Å². The van der Waals surface area contributed by atoms with Crippen molar-refractivity contribution in [3.8, 4) is 0 Å². The van der Waals surface area contributed by atoms with Gasteiger partial charge in [-0.1, -0.05) is 44.2 Å². The maximum Gasteiger partial charge on any atom is 0.193 e. The lowest BCUT2D eigenvalue weighted by atomic mass is 10.1. The van der Waals surface area contributed by atoms with Crippen molar-refractivity contribution < 1.29 is 0 Å². The van der Waals surface area contributed by atoms with Gasteiger partial charge in [0.1, 0.15) is 0 Å². The fourth-order valence-corrected chi connectivity index (χ4v) is 3.30. The van der Waals surface area contributed by atoms with Crippen LogP contribution in [0.1, 0.15) is 43.5 Å². The highest BCUT2D eigenvalue weighted by atomic mass is 127. The van der Waals surface area contributed by atoms with Crippen molar-refractivity contribution in [2.45, 2.75) is 45.8 Å². The Labute approximate surface area is 193 Å². The zero-order valence-electron chi connectivity index (χ0n) is 18.9. The summed E-state index contributed by atoms with van der Waals surface area (Å²) in [6, 6.07) is 11.0.